The Kier molecular flexibility index (Phi) is 3.82. The van der Waals surface area contributed by atoms with Crippen LogP contribution >= 0.6 is 23.1 Å². The number of aromatic nitrogens is 2. The van der Waals surface area contributed by atoms with E-state index in [1.165, 1.54) is 11.5 Å². The first-order valence-corrected chi connectivity index (χ1v) is 7.84. The van der Waals surface area contributed by atoms with E-state index in [1.54, 1.807) is 0 Å². The van der Waals surface area contributed by atoms with E-state index in [0.29, 0.717) is 17.3 Å². The third kappa shape index (κ3) is 2.61. The lowest BCUT2D eigenvalue weighted by Crippen LogP contribution is -2.41. The second kappa shape index (κ2) is 5.61. The molecule has 0 saturated heterocycles. The second-order valence-corrected chi connectivity index (χ2v) is 6.58. The van der Waals surface area contributed by atoms with Gasteiger partial charge in [0.05, 0.1) is 12.5 Å². The zero-order valence-electron chi connectivity index (χ0n) is 11.5. The van der Waals surface area contributed by atoms with Gasteiger partial charge in [0.2, 0.25) is 5.91 Å². The first-order valence-electron chi connectivity index (χ1n) is 6.69. The van der Waals surface area contributed by atoms with Gasteiger partial charge in [-0.25, -0.2) is 0 Å². The summed E-state index contributed by atoms with van der Waals surface area (Å²) in [6.07, 6.45) is 0.696. The van der Waals surface area contributed by atoms with Crippen molar-refractivity contribution >= 4 is 34.7 Å². The quantitative estimate of drug-likeness (QED) is 0.942. The summed E-state index contributed by atoms with van der Waals surface area (Å²) in [6.45, 7) is 2.67. The molecule has 2 N–H and O–H groups in total. The lowest BCUT2D eigenvalue weighted by atomic mass is 9.85. The molecule has 1 aliphatic rings. The van der Waals surface area contributed by atoms with Gasteiger partial charge < -0.3 is 10.6 Å². The molecule has 2 atom stereocenters. The zero-order valence-corrected chi connectivity index (χ0v) is 13.1. The molecule has 0 saturated carbocycles. The van der Waals surface area contributed by atoms with Crippen LogP contribution in [0.4, 0.5) is 5.69 Å². The number of fused-ring (bicyclic) bond motifs is 1. The number of carbonyl (C=O) groups excluding carboxylic acids is 1. The van der Waals surface area contributed by atoms with Gasteiger partial charge in [-0.15, -0.1) is 5.10 Å². The van der Waals surface area contributed by atoms with Crippen LogP contribution in [-0.4, -0.2) is 21.5 Å². The molecule has 110 valence electrons. The van der Waals surface area contributed by atoms with Gasteiger partial charge in [0, 0.05) is 23.3 Å². The van der Waals surface area contributed by atoms with Crippen LogP contribution in [0.25, 0.3) is 0 Å². The molecular weight excluding hydrogens is 308 g/mol. The molecule has 1 amide bonds. The van der Waals surface area contributed by atoms with E-state index in [9.17, 15) is 4.79 Å². The number of para-hydroxylation sites is 1. The van der Waals surface area contributed by atoms with E-state index in [-0.39, 0.29) is 17.9 Å². The fourth-order valence-corrected chi connectivity index (χ4v) is 3.45. The highest BCUT2D eigenvalue weighted by Gasteiger charge is 2.33. The van der Waals surface area contributed by atoms with Crippen molar-refractivity contribution in [3.05, 3.63) is 39.9 Å². The summed E-state index contributed by atoms with van der Waals surface area (Å²) in [6, 6.07) is 8.04. The van der Waals surface area contributed by atoms with Crippen molar-refractivity contribution in [2.24, 2.45) is 5.73 Å². The first-order chi connectivity index (χ1) is 10.1. The number of benzene rings is 1. The van der Waals surface area contributed by atoms with Crippen molar-refractivity contribution in [3.8, 4) is 0 Å². The van der Waals surface area contributed by atoms with E-state index in [1.807, 2.05) is 24.3 Å². The lowest BCUT2D eigenvalue weighted by Gasteiger charge is -2.39. The zero-order chi connectivity index (χ0) is 15.0. The summed E-state index contributed by atoms with van der Waals surface area (Å²) in [5.74, 6) is -0.515. The van der Waals surface area contributed by atoms with Crippen molar-refractivity contribution in [2.75, 3.05) is 4.90 Å². The summed E-state index contributed by atoms with van der Waals surface area (Å²) in [5, 5.41) is 4.07. The number of primary amides is 1. The molecule has 0 radical (unpaired) electrons. The molecular formula is C14H15ClN4OS. The monoisotopic (exact) mass is 322 g/mol. The Morgan fingerprint density at radius 3 is 2.95 bits per heavy atom. The number of hydrogen-bond donors (Lipinski definition) is 1. The Hall–Kier alpha value is -1.66. The van der Waals surface area contributed by atoms with Gasteiger partial charge in [0.25, 0.3) is 0 Å². The molecule has 2 aromatic rings. The molecule has 0 unspecified atom stereocenters. The number of anilines is 1. The molecule has 5 nitrogen and oxygen atoms in total. The van der Waals surface area contributed by atoms with Crippen LogP contribution in [-0.2, 0) is 11.3 Å². The van der Waals surface area contributed by atoms with Crippen LogP contribution in [0, 0.1) is 0 Å². The molecule has 0 bridgehead atoms. The Morgan fingerprint density at radius 1 is 1.52 bits per heavy atom. The highest BCUT2D eigenvalue weighted by Crippen LogP contribution is 2.39. The third-order valence-corrected chi connectivity index (χ3v) is 4.89. The standard InChI is InChI=1S/C14H15ClN4OS/c1-8-6-10(14(16)20)9-4-2-3-5-12(9)19(8)7-11-13(15)21-18-17-11/h2-5,8,10H,6-7H2,1H3,(H2,16,20)/t8-,10+/m1/s1. The van der Waals surface area contributed by atoms with Crippen molar-refractivity contribution in [1.82, 2.24) is 9.59 Å². The topological polar surface area (TPSA) is 72.1 Å². The first kappa shape index (κ1) is 14.3. The lowest BCUT2D eigenvalue weighted by molar-refractivity contribution is -0.119. The number of halogens is 1. The minimum absolute atomic E-state index is 0.176. The predicted octanol–water partition coefficient (Wildman–Crippen LogP) is 2.56. The molecule has 2 heterocycles. The number of rotatable bonds is 3. The van der Waals surface area contributed by atoms with Gasteiger partial charge in [-0.2, -0.15) is 0 Å². The molecule has 0 spiro atoms. The molecule has 1 aliphatic heterocycles. The van der Waals surface area contributed by atoms with Crippen LogP contribution in [0.5, 0.6) is 0 Å². The second-order valence-electron chi connectivity index (χ2n) is 5.22. The number of hydrogen-bond acceptors (Lipinski definition) is 5. The molecule has 0 aliphatic carbocycles. The van der Waals surface area contributed by atoms with Gasteiger partial charge in [0.1, 0.15) is 10.0 Å². The normalized spacial score (nSPS) is 21.1. The van der Waals surface area contributed by atoms with Crippen LogP contribution in [0.15, 0.2) is 24.3 Å². The largest absolute Gasteiger partial charge is 0.369 e. The fraction of sp³-hybridized carbons (Fsp3) is 0.357. The van der Waals surface area contributed by atoms with Crippen molar-refractivity contribution in [3.63, 3.8) is 0 Å². The Balaban J connectivity index is 1.99. The van der Waals surface area contributed by atoms with Crippen LogP contribution in [0.2, 0.25) is 4.34 Å². The van der Waals surface area contributed by atoms with Crippen LogP contribution in [0.3, 0.4) is 0 Å². The van der Waals surface area contributed by atoms with Crippen molar-refractivity contribution in [2.45, 2.75) is 31.8 Å². The maximum absolute atomic E-state index is 11.7. The van der Waals surface area contributed by atoms with Crippen LogP contribution in [0.1, 0.15) is 30.5 Å². The molecule has 0 fully saturated rings. The average Bonchev–Trinajstić information content (AvgIpc) is 2.86. The average molecular weight is 323 g/mol. The van der Waals surface area contributed by atoms with E-state index in [4.69, 9.17) is 17.3 Å². The van der Waals surface area contributed by atoms with Gasteiger partial charge in [-0.3, -0.25) is 4.79 Å². The van der Waals surface area contributed by atoms with Gasteiger partial charge >= 0.3 is 0 Å². The van der Waals surface area contributed by atoms with Gasteiger partial charge in [0.15, 0.2) is 0 Å². The van der Waals surface area contributed by atoms with E-state index in [2.05, 4.69) is 21.4 Å². The van der Waals surface area contributed by atoms with E-state index >= 15 is 0 Å². The number of nitrogens with zero attached hydrogens (tertiary/aromatic N) is 3. The Bertz CT molecular complexity index is 674. The fourth-order valence-electron chi connectivity index (χ4n) is 2.84. The summed E-state index contributed by atoms with van der Waals surface area (Å²) in [5.41, 5.74) is 8.31. The molecule has 7 heteroatoms. The number of carbonyl (C=O) groups is 1. The summed E-state index contributed by atoms with van der Waals surface area (Å²) in [4.78, 5) is 13.9. The van der Waals surface area contributed by atoms with Crippen LogP contribution < -0.4 is 10.6 Å². The van der Waals surface area contributed by atoms with Gasteiger partial charge in [-0.05, 0) is 25.0 Å². The SMILES string of the molecule is C[C@@H]1C[C@H](C(N)=O)c2ccccc2N1Cc1nnsc1Cl. The Morgan fingerprint density at radius 2 is 2.29 bits per heavy atom. The summed E-state index contributed by atoms with van der Waals surface area (Å²) in [7, 11) is 0. The summed E-state index contributed by atoms with van der Waals surface area (Å²) >= 11 is 7.29. The minimum atomic E-state index is -0.276. The minimum Gasteiger partial charge on any atom is -0.369 e. The maximum Gasteiger partial charge on any atom is 0.225 e. The molecule has 21 heavy (non-hydrogen) atoms. The van der Waals surface area contributed by atoms with E-state index in [0.717, 1.165) is 16.9 Å². The van der Waals surface area contributed by atoms with Crippen molar-refractivity contribution in [1.29, 1.82) is 0 Å². The maximum atomic E-state index is 11.7. The Labute approximate surface area is 131 Å². The smallest absolute Gasteiger partial charge is 0.225 e. The third-order valence-electron chi connectivity index (χ3n) is 3.90. The van der Waals surface area contributed by atoms with E-state index < -0.39 is 0 Å². The molecule has 3 rings (SSSR count). The molecule has 1 aromatic carbocycles. The summed E-state index contributed by atoms with van der Waals surface area (Å²) < 4.78 is 4.48. The van der Waals surface area contributed by atoms with Gasteiger partial charge in [-0.1, -0.05) is 34.3 Å². The highest BCUT2D eigenvalue weighted by molar-refractivity contribution is 7.10. The molecule has 1 aromatic heterocycles. The highest BCUT2D eigenvalue weighted by atomic mass is 35.5. The van der Waals surface area contributed by atoms with Crippen molar-refractivity contribution < 1.29 is 4.79 Å². The number of amides is 1. The number of nitrogens with two attached hydrogens (primary N) is 1. The predicted molar refractivity (Wildman–Crippen MR) is 83.6 cm³/mol.